The molecule has 90 valence electrons. The normalized spacial score (nSPS) is 28.6. The Bertz CT molecular complexity index is 173. The third kappa shape index (κ3) is 4.49. The van der Waals surface area contributed by atoms with E-state index in [0.29, 0.717) is 24.2 Å². The van der Waals surface area contributed by atoms with Crippen molar-refractivity contribution in [2.75, 3.05) is 13.2 Å². The molecule has 0 bridgehead atoms. The molecule has 1 fully saturated rings. The van der Waals surface area contributed by atoms with Gasteiger partial charge in [0, 0.05) is 19.2 Å². The fourth-order valence-electron chi connectivity index (χ4n) is 2.13. The maximum Gasteiger partial charge on any atom is 0.0704 e. The van der Waals surface area contributed by atoms with Crippen molar-refractivity contribution in [1.29, 1.82) is 0 Å². The van der Waals surface area contributed by atoms with Gasteiger partial charge in [0.15, 0.2) is 0 Å². The lowest BCUT2D eigenvalue weighted by Gasteiger charge is -2.23. The summed E-state index contributed by atoms with van der Waals surface area (Å²) in [5.74, 6) is 0.566. The molecule has 0 aromatic rings. The average Bonchev–Trinajstić information content (AvgIpc) is 2.58. The van der Waals surface area contributed by atoms with Crippen molar-refractivity contribution < 1.29 is 9.84 Å². The van der Waals surface area contributed by atoms with Crippen molar-refractivity contribution >= 4 is 0 Å². The van der Waals surface area contributed by atoms with Crippen LogP contribution in [-0.4, -0.2) is 36.5 Å². The minimum atomic E-state index is 0.262. The molecule has 3 nitrogen and oxygen atoms in total. The third-order valence-corrected chi connectivity index (χ3v) is 3.17. The molecule has 0 radical (unpaired) electrons. The van der Waals surface area contributed by atoms with Crippen LogP contribution in [0.15, 0.2) is 0 Å². The first-order valence-corrected chi connectivity index (χ1v) is 6.13. The molecule has 3 unspecified atom stereocenters. The first-order valence-electron chi connectivity index (χ1n) is 6.13. The van der Waals surface area contributed by atoms with E-state index in [-0.39, 0.29) is 6.61 Å². The minimum Gasteiger partial charge on any atom is -0.396 e. The maximum atomic E-state index is 8.95. The fourth-order valence-corrected chi connectivity index (χ4v) is 2.13. The molecule has 1 saturated heterocycles. The molecule has 0 aliphatic carbocycles. The Morgan fingerprint density at radius 2 is 2.13 bits per heavy atom. The van der Waals surface area contributed by atoms with Gasteiger partial charge in [-0.05, 0) is 32.1 Å². The van der Waals surface area contributed by atoms with Crippen LogP contribution in [0.2, 0.25) is 0 Å². The minimum absolute atomic E-state index is 0.262. The largest absolute Gasteiger partial charge is 0.396 e. The molecule has 0 spiro atoms. The van der Waals surface area contributed by atoms with Crippen LogP contribution in [0, 0.1) is 5.92 Å². The van der Waals surface area contributed by atoms with Crippen LogP contribution < -0.4 is 5.32 Å². The molecule has 0 amide bonds. The van der Waals surface area contributed by atoms with E-state index >= 15 is 0 Å². The van der Waals surface area contributed by atoms with Gasteiger partial charge in [0.25, 0.3) is 0 Å². The van der Waals surface area contributed by atoms with Crippen LogP contribution in [0.5, 0.6) is 0 Å². The molecular weight excluding hydrogens is 190 g/mol. The molecule has 1 aliphatic rings. The van der Waals surface area contributed by atoms with Gasteiger partial charge in [0.2, 0.25) is 0 Å². The first-order chi connectivity index (χ1) is 7.13. The number of ether oxygens (including phenoxy) is 1. The van der Waals surface area contributed by atoms with Crippen molar-refractivity contribution in [3.8, 4) is 0 Å². The van der Waals surface area contributed by atoms with E-state index in [1.807, 2.05) is 0 Å². The summed E-state index contributed by atoms with van der Waals surface area (Å²) in [7, 11) is 0. The second-order valence-corrected chi connectivity index (χ2v) is 4.92. The summed E-state index contributed by atoms with van der Waals surface area (Å²) >= 11 is 0. The summed E-state index contributed by atoms with van der Waals surface area (Å²) in [6.45, 7) is 7.69. The molecule has 0 saturated carbocycles. The lowest BCUT2D eigenvalue weighted by atomic mass is 10.0. The van der Waals surface area contributed by atoms with Crippen LogP contribution in [0.25, 0.3) is 0 Å². The summed E-state index contributed by atoms with van der Waals surface area (Å²) < 4.78 is 5.74. The van der Waals surface area contributed by atoms with Crippen LogP contribution in [0.4, 0.5) is 0 Å². The van der Waals surface area contributed by atoms with E-state index < -0.39 is 0 Å². The molecule has 3 atom stereocenters. The Morgan fingerprint density at radius 1 is 1.40 bits per heavy atom. The Labute approximate surface area is 93.2 Å². The van der Waals surface area contributed by atoms with Gasteiger partial charge in [-0.2, -0.15) is 0 Å². The summed E-state index contributed by atoms with van der Waals surface area (Å²) in [6.07, 6.45) is 3.98. The highest BCUT2D eigenvalue weighted by Gasteiger charge is 2.22. The van der Waals surface area contributed by atoms with E-state index in [2.05, 4.69) is 26.1 Å². The summed E-state index contributed by atoms with van der Waals surface area (Å²) in [6, 6.07) is 0.412. The second kappa shape index (κ2) is 6.46. The first kappa shape index (κ1) is 12.9. The number of hydrogen-bond donors (Lipinski definition) is 2. The van der Waals surface area contributed by atoms with Gasteiger partial charge < -0.3 is 15.2 Å². The highest BCUT2D eigenvalue weighted by molar-refractivity contribution is 4.77. The lowest BCUT2D eigenvalue weighted by molar-refractivity contribution is 0.0525. The number of rotatable bonds is 6. The third-order valence-electron chi connectivity index (χ3n) is 3.17. The predicted molar refractivity (Wildman–Crippen MR) is 61.9 cm³/mol. The van der Waals surface area contributed by atoms with Crippen LogP contribution in [-0.2, 0) is 4.74 Å². The number of aliphatic hydroxyl groups is 1. The van der Waals surface area contributed by atoms with Gasteiger partial charge in [0.1, 0.15) is 0 Å². The van der Waals surface area contributed by atoms with Gasteiger partial charge >= 0.3 is 0 Å². The standard InChI is InChI=1S/C12H25NO2/c1-9(2)12(6-7-14)13-8-11-5-4-10(3)15-11/h9-14H,4-8H2,1-3H3. The molecule has 2 N–H and O–H groups in total. The molecular formula is C12H25NO2. The number of hydrogen-bond acceptors (Lipinski definition) is 3. The average molecular weight is 215 g/mol. The van der Waals surface area contributed by atoms with Gasteiger partial charge in [-0.1, -0.05) is 13.8 Å². The Kier molecular flexibility index (Phi) is 5.58. The van der Waals surface area contributed by atoms with Crippen LogP contribution in [0.1, 0.15) is 40.0 Å². The highest BCUT2D eigenvalue weighted by Crippen LogP contribution is 2.18. The molecule has 3 heteroatoms. The molecule has 15 heavy (non-hydrogen) atoms. The lowest BCUT2D eigenvalue weighted by Crippen LogP contribution is -2.39. The van der Waals surface area contributed by atoms with Crippen LogP contribution >= 0.6 is 0 Å². The summed E-state index contributed by atoms with van der Waals surface area (Å²) in [5, 5.41) is 12.4. The topological polar surface area (TPSA) is 41.5 Å². The SMILES string of the molecule is CC1CCC(CNC(CCO)C(C)C)O1. The van der Waals surface area contributed by atoms with Gasteiger partial charge in [-0.25, -0.2) is 0 Å². The van der Waals surface area contributed by atoms with E-state index in [0.717, 1.165) is 19.4 Å². The van der Waals surface area contributed by atoms with E-state index in [9.17, 15) is 0 Å². The zero-order valence-corrected chi connectivity index (χ0v) is 10.2. The maximum absolute atomic E-state index is 8.95. The fraction of sp³-hybridized carbons (Fsp3) is 1.00. The van der Waals surface area contributed by atoms with Crippen molar-refractivity contribution in [3.05, 3.63) is 0 Å². The van der Waals surface area contributed by atoms with Crippen molar-refractivity contribution in [1.82, 2.24) is 5.32 Å². The van der Waals surface area contributed by atoms with Crippen LogP contribution in [0.3, 0.4) is 0 Å². The quantitative estimate of drug-likeness (QED) is 0.706. The Hall–Kier alpha value is -0.120. The van der Waals surface area contributed by atoms with Gasteiger partial charge in [-0.3, -0.25) is 0 Å². The van der Waals surface area contributed by atoms with E-state index in [1.54, 1.807) is 0 Å². The van der Waals surface area contributed by atoms with Gasteiger partial charge in [-0.15, -0.1) is 0 Å². The second-order valence-electron chi connectivity index (χ2n) is 4.92. The monoisotopic (exact) mass is 215 g/mol. The summed E-state index contributed by atoms with van der Waals surface area (Å²) in [5.41, 5.74) is 0. The van der Waals surface area contributed by atoms with Gasteiger partial charge in [0.05, 0.1) is 12.2 Å². The van der Waals surface area contributed by atoms with Crippen molar-refractivity contribution in [3.63, 3.8) is 0 Å². The highest BCUT2D eigenvalue weighted by atomic mass is 16.5. The van der Waals surface area contributed by atoms with E-state index in [4.69, 9.17) is 9.84 Å². The molecule has 1 rings (SSSR count). The molecule has 1 aliphatic heterocycles. The zero-order valence-electron chi connectivity index (χ0n) is 10.2. The van der Waals surface area contributed by atoms with Crippen molar-refractivity contribution in [2.24, 2.45) is 5.92 Å². The number of nitrogens with one attached hydrogen (secondary N) is 1. The predicted octanol–water partition coefficient (Wildman–Crippen LogP) is 1.55. The molecule has 0 aromatic heterocycles. The summed E-state index contributed by atoms with van der Waals surface area (Å²) in [4.78, 5) is 0. The molecule has 0 aromatic carbocycles. The van der Waals surface area contributed by atoms with Crippen molar-refractivity contribution in [2.45, 2.75) is 58.3 Å². The smallest absolute Gasteiger partial charge is 0.0704 e. The number of aliphatic hydroxyl groups excluding tert-OH is 1. The Balaban J connectivity index is 2.21. The molecule has 1 heterocycles. The zero-order chi connectivity index (χ0) is 11.3. The van der Waals surface area contributed by atoms with E-state index in [1.165, 1.54) is 6.42 Å². The Morgan fingerprint density at radius 3 is 2.60 bits per heavy atom.